The maximum Gasteiger partial charge on any atom is 0.469 e. The summed E-state index contributed by atoms with van der Waals surface area (Å²) in [4.78, 5) is 6.43. The van der Waals surface area contributed by atoms with Crippen LogP contribution < -0.4 is 0 Å². The Morgan fingerprint density at radius 2 is 2.00 bits per heavy atom. The van der Waals surface area contributed by atoms with Gasteiger partial charge in [0.05, 0.1) is 0 Å². The first-order chi connectivity index (χ1) is 6.48. The number of oxazole rings is 1. The summed E-state index contributed by atoms with van der Waals surface area (Å²) in [5, 5.41) is 0. The van der Waals surface area contributed by atoms with E-state index >= 15 is 0 Å². The summed E-state index contributed by atoms with van der Waals surface area (Å²) in [5.74, 6) is -2.41. The molecule has 14 heavy (non-hydrogen) atoms. The molecule has 0 spiro atoms. The van der Waals surface area contributed by atoms with Crippen LogP contribution in [0.5, 0.6) is 0 Å². The number of fused-ring (bicyclic) bond motifs is 1. The molecule has 2 rings (SSSR count). The predicted molar refractivity (Wildman–Crippen MR) is 36.8 cm³/mol. The lowest BCUT2D eigenvalue weighted by Crippen LogP contribution is -2.04. The first kappa shape index (κ1) is 8.92. The van der Waals surface area contributed by atoms with Crippen LogP contribution in [0.2, 0.25) is 0 Å². The van der Waals surface area contributed by atoms with E-state index in [-0.39, 0.29) is 0 Å². The second-order valence-corrected chi connectivity index (χ2v) is 2.46. The van der Waals surface area contributed by atoms with Gasteiger partial charge in [-0.25, -0.2) is 9.37 Å². The summed E-state index contributed by atoms with van der Waals surface area (Å²) in [6.07, 6.45) is -3.71. The van der Waals surface area contributed by atoms with Gasteiger partial charge in [0.15, 0.2) is 5.82 Å². The van der Waals surface area contributed by atoms with E-state index in [1.165, 1.54) is 0 Å². The topological polar surface area (TPSA) is 38.9 Å². The van der Waals surface area contributed by atoms with E-state index in [9.17, 15) is 17.6 Å². The van der Waals surface area contributed by atoms with Gasteiger partial charge in [0.1, 0.15) is 0 Å². The molecule has 74 valence electrons. The number of pyridine rings is 1. The average molecular weight is 206 g/mol. The normalized spacial score (nSPS) is 12.3. The minimum atomic E-state index is -4.73. The van der Waals surface area contributed by atoms with Gasteiger partial charge < -0.3 is 4.42 Å². The number of aromatic nitrogens is 2. The molecule has 0 fully saturated rings. The van der Waals surface area contributed by atoms with Gasteiger partial charge in [-0.1, -0.05) is 0 Å². The van der Waals surface area contributed by atoms with Crippen LogP contribution in [0.15, 0.2) is 16.7 Å². The van der Waals surface area contributed by atoms with E-state index in [0.29, 0.717) is 0 Å². The van der Waals surface area contributed by atoms with Gasteiger partial charge in [0, 0.05) is 6.20 Å². The zero-order chi connectivity index (χ0) is 10.3. The van der Waals surface area contributed by atoms with Crippen molar-refractivity contribution in [3.05, 3.63) is 24.0 Å². The molecule has 0 radical (unpaired) electrons. The molecule has 0 aliphatic carbocycles. The number of rotatable bonds is 0. The van der Waals surface area contributed by atoms with Gasteiger partial charge in [0.2, 0.25) is 11.2 Å². The molecule has 0 bridgehead atoms. The van der Waals surface area contributed by atoms with Crippen LogP contribution in [-0.2, 0) is 6.18 Å². The molecule has 0 saturated carbocycles. The van der Waals surface area contributed by atoms with Crippen LogP contribution in [-0.4, -0.2) is 9.97 Å². The summed E-state index contributed by atoms with van der Waals surface area (Å²) in [6, 6.07) is 0.896. The standard InChI is InChI=1S/C7H2F4N2O/c8-3-1-2-12-5-4(3)14-6(13-5)7(9,10)11/h1-2H. The molecule has 7 heteroatoms. The fourth-order valence-corrected chi connectivity index (χ4v) is 0.925. The lowest BCUT2D eigenvalue weighted by Gasteiger charge is -1.96. The third-order valence-electron chi connectivity index (χ3n) is 1.49. The lowest BCUT2D eigenvalue weighted by atomic mass is 10.4. The summed E-state index contributed by atoms with van der Waals surface area (Å²) in [7, 11) is 0. The van der Waals surface area contributed by atoms with Crippen molar-refractivity contribution in [1.82, 2.24) is 9.97 Å². The van der Waals surface area contributed by atoms with Crippen molar-refractivity contribution in [1.29, 1.82) is 0 Å². The van der Waals surface area contributed by atoms with E-state index in [0.717, 1.165) is 12.3 Å². The van der Waals surface area contributed by atoms with E-state index in [2.05, 4.69) is 14.4 Å². The second kappa shape index (κ2) is 2.66. The maximum atomic E-state index is 12.8. The molecule has 0 saturated heterocycles. The SMILES string of the molecule is Fc1ccnc2nc(C(F)(F)F)oc12. The van der Waals surface area contributed by atoms with Crippen molar-refractivity contribution in [2.24, 2.45) is 0 Å². The second-order valence-electron chi connectivity index (χ2n) is 2.46. The van der Waals surface area contributed by atoms with Gasteiger partial charge in [-0.3, -0.25) is 0 Å². The summed E-state index contributed by atoms with van der Waals surface area (Å²) < 4.78 is 53.2. The van der Waals surface area contributed by atoms with Crippen LogP contribution in [0.1, 0.15) is 5.89 Å². The summed E-state index contributed by atoms with van der Waals surface area (Å²) in [6.45, 7) is 0. The Bertz CT molecular complexity index is 476. The highest BCUT2D eigenvalue weighted by Gasteiger charge is 2.38. The zero-order valence-electron chi connectivity index (χ0n) is 6.47. The highest BCUT2D eigenvalue weighted by atomic mass is 19.4. The van der Waals surface area contributed by atoms with Crippen LogP contribution in [0.3, 0.4) is 0 Å². The largest absolute Gasteiger partial charge is 0.469 e. The van der Waals surface area contributed by atoms with Crippen molar-refractivity contribution in [2.45, 2.75) is 6.18 Å². The van der Waals surface area contributed by atoms with E-state index in [1.54, 1.807) is 0 Å². The Kier molecular flexibility index (Phi) is 1.70. The predicted octanol–water partition coefficient (Wildman–Crippen LogP) is 2.38. The average Bonchev–Trinajstić information content (AvgIpc) is 2.48. The van der Waals surface area contributed by atoms with Gasteiger partial charge in [-0.15, -0.1) is 0 Å². The molecule has 0 aromatic carbocycles. The first-order valence-corrected chi connectivity index (χ1v) is 3.47. The number of hydrogen-bond donors (Lipinski definition) is 0. The quantitative estimate of drug-likeness (QED) is 0.621. The highest BCUT2D eigenvalue weighted by Crippen LogP contribution is 2.30. The molecule has 0 atom stereocenters. The van der Waals surface area contributed by atoms with Gasteiger partial charge >= 0.3 is 12.1 Å². The van der Waals surface area contributed by atoms with E-state index < -0.39 is 29.1 Å². The Labute approximate surface area is 74.4 Å². The lowest BCUT2D eigenvalue weighted by molar-refractivity contribution is -0.156. The minimum Gasteiger partial charge on any atom is -0.428 e. The monoisotopic (exact) mass is 206 g/mol. The molecular formula is C7H2F4N2O. The van der Waals surface area contributed by atoms with Crippen molar-refractivity contribution < 1.29 is 22.0 Å². The molecule has 0 N–H and O–H groups in total. The molecule has 2 aromatic rings. The maximum absolute atomic E-state index is 12.8. The van der Waals surface area contributed by atoms with Crippen molar-refractivity contribution in [2.75, 3.05) is 0 Å². The number of hydrogen-bond acceptors (Lipinski definition) is 3. The van der Waals surface area contributed by atoms with E-state index in [1.807, 2.05) is 0 Å². The Hall–Kier alpha value is -1.66. The van der Waals surface area contributed by atoms with Crippen LogP contribution in [0, 0.1) is 5.82 Å². The van der Waals surface area contributed by atoms with Crippen molar-refractivity contribution in [3.8, 4) is 0 Å². The van der Waals surface area contributed by atoms with Crippen molar-refractivity contribution >= 4 is 11.2 Å². The van der Waals surface area contributed by atoms with Crippen molar-refractivity contribution in [3.63, 3.8) is 0 Å². The van der Waals surface area contributed by atoms with Gasteiger partial charge in [-0.05, 0) is 6.07 Å². The Balaban J connectivity index is 2.69. The number of nitrogens with zero attached hydrogens (tertiary/aromatic N) is 2. The first-order valence-electron chi connectivity index (χ1n) is 3.47. The molecule has 0 aliphatic heterocycles. The Morgan fingerprint density at radius 3 is 2.57 bits per heavy atom. The minimum absolute atomic E-state index is 0.391. The van der Waals surface area contributed by atoms with Crippen LogP contribution in [0.25, 0.3) is 11.2 Å². The molecule has 2 aromatic heterocycles. The number of halogens is 4. The summed E-state index contributed by atoms with van der Waals surface area (Å²) >= 11 is 0. The molecule has 0 unspecified atom stereocenters. The van der Waals surface area contributed by atoms with Gasteiger partial charge in [-0.2, -0.15) is 18.2 Å². The third-order valence-corrected chi connectivity index (χ3v) is 1.49. The molecule has 2 heterocycles. The molecule has 0 aliphatic rings. The number of alkyl halides is 3. The Morgan fingerprint density at radius 1 is 1.29 bits per heavy atom. The molecule has 0 amide bonds. The summed E-state index contributed by atoms with van der Waals surface area (Å²) in [5.41, 5.74) is -0.975. The fraction of sp³-hybridized carbons (Fsp3) is 0.143. The van der Waals surface area contributed by atoms with E-state index in [4.69, 9.17) is 0 Å². The third kappa shape index (κ3) is 1.30. The smallest absolute Gasteiger partial charge is 0.428 e. The highest BCUT2D eigenvalue weighted by molar-refractivity contribution is 5.67. The zero-order valence-corrected chi connectivity index (χ0v) is 6.47. The fourth-order valence-electron chi connectivity index (χ4n) is 0.925. The van der Waals surface area contributed by atoms with Crippen LogP contribution >= 0.6 is 0 Å². The molecule has 3 nitrogen and oxygen atoms in total. The van der Waals surface area contributed by atoms with Crippen LogP contribution in [0.4, 0.5) is 17.6 Å². The van der Waals surface area contributed by atoms with Gasteiger partial charge in [0.25, 0.3) is 0 Å². The molecular weight excluding hydrogens is 204 g/mol.